The zero-order valence-electron chi connectivity index (χ0n) is 25.2. The van der Waals surface area contributed by atoms with Gasteiger partial charge in [-0.2, -0.15) is 0 Å². The van der Waals surface area contributed by atoms with Gasteiger partial charge in [0, 0.05) is 31.4 Å². The van der Waals surface area contributed by atoms with Crippen LogP contribution >= 0.6 is 0 Å². The number of hydrogen-bond acceptors (Lipinski definition) is 5. The lowest BCUT2D eigenvalue weighted by Crippen LogP contribution is -2.33. The second kappa shape index (κ2) is 13.4. The first kappa shape index (κ1) is 28.9. The van der Waals surface area contributed by atoms with Gasteiger partial charge in [0.05, 0.1) is 14.2 Å². The van der Waals surface area contributed by atoms with E-state index in [0.717, 1.165) is 62.5 Å². The Labute approximate surface area is 250 Å². The monoisotopic (exact) mass is 572 g/mol. The van der Waals surface area contributed by atoms with E-state index in [4.69, 9.17) is 14.2 Å². The van der Waals surface area contributed by atoms with Crippen molar-refractivity contribution in [3.05, 3.63) is 82.7 Å². The molecule has 1 aliphatic heterocycles. The number of nitrogens with zero attached hydrogens (tertiary/aromatic N) is 2. The lowest BCUT2D eigenvalue weighted by molar-refractivity contribution is 0.180. The average Bonchev–Trinajstić information content (AvgIpc) is 3.85. The predicted molar refractivity (Wildman–Crippen MR) is 167 cm³/mol. The first-order chi connectivity index (χ1) is 20.6. The van der Waals surface area contributed by atoms with Crippen molar-refractivity contribution in [1.82, 2.24) is 4.90 Å². The summed E-state index contributed by atoms with van der Waals surface area (Å²) >= 11 is 0. The maximum absolute atomic E-state index is 15.2. The van der Waals surface area contributed by atoms with Crippen LogP contribution in [0.5, 0.6) is 17.2 Å². The number of benzene rings is 3. The van der Waals surface area contributed by atoms with E-state index in [1.807, 2.05) is 12.1 Å². The minimum Gasteiger partial charge on any atom is -0.497 e. The Morgan fingerprint density at radius 3 is 2.40 bits per heavy atom. The Balaban J connectivity index is 1.20. The van der Waals surface area contributed by atoms with Gasteiger partial charge in [-0.1, -0.05) is 24.6 Å². The molecule has 6 rings (SSSR count). The summed E-state index contributed by atoms with van der Waals surface area (Å²) in [7, 11) is 3.46. The van der Waals surface area contributed by atoms with Crippen molar-refractivity contribution in [1.29, 1.82) is 0 Å². The van der Waals surface area contributed by atoms with E-state index in [-0.39, 0.29) is 5.82 Å². The molecule has 2 aliphatic carbocycles. The minimum atomic E-state index is -0.275. The van der Waals surface area contributed by atoms with Crippen molar-refractivity contribution in [3.63, 3.8) is 0 Å². The Morgan fingerprint density at radius 1 is 0.857 bits per heavy atom. The second-order valence-electron chi connectivity index (χ2n) is 12.3. The van der Waals surface area contributed by atoms with Gasteiger partial charge in [0.1, 0.15) is 18.1 Å². The van der Waals surface area contributed by atoms with E-state index in [9.17, 15) is 0 Å². The van der Waals surface area contributed by atoms with Gasteiger partial charge >= 0.3 is 0 Å². The van der Waals surface area contributed by atoms with E-state index < -0.39 is 0 Å². The van der Waals surface area contributed by atoms with Crippen LogP contribution in [-0.2, 0) is 19.4 Å². The zero-order chi connectivity index (χ0) is 28.9. The third-order valence-corrected chi connectivity index (χ3v) is 9.32. The number of likely N-dealkylation sites (tertiary alicyclic amines) is 1. The molecule has 3 aliphatic rings. The Hall–Kier alpha value is -3.25. The fourth-order valence-corrected chi connectivity index (χ4v) is 6.70. The van der Waals surface area contributed by atoms with Gasteiger partial charge in [0.25, 0.3) is 0 Å². The van der Waals surface area contributed by atoms with Crippen molar-refractivity contribution in [3.8, 4) is 17.2 Å². The normalized spacial score (nSPS) is 18.8. The SMILES string of the molecule is COc1ccc2c(c1)CCC(c1ccc(OC)cc1N(Cc1ccc(OCCN3CCCCC3)c(F)c1)CC1CC1)C2. The zero-order valence-corrected chi connectivity index (χ0v) is 25.2. The van der Waals surface area contributed by atoms with E-state index in [1.165, 1.54) is 54.5 Å². The average molecular weight is 573 g/mol. The number of hydrogen-bond donors (Lipinski definition) is 0. The molecular formula is C36H45FN2O3. The summed E-state index contributed by atoms with van der Waals surface area (Å²) in [6.45, 7) is 5.24. The van der Waals surface area contributed by atoms with E-state index >= 15 is 4.39 Å². The highest BCUT2D eigenvalue weighted by Gasteiger charge is 2.29. The summed E-state index contributed by atoms with van der Waals surface area (Å²) in [5.41, 5.74) is 6.33. The Bertz CT molecular complexity index is 1350. The van der Waals surface area contributed by atoms with Crippen molar-refractivity contribution >= 4 is 5.69 Å². The lowest BCUT2D eigenvalue weighted by atomic mass is 9.79. The first-order valence-electron chi connectivity index (χ1n) is 15.8. The second-order valence-corrected chi connectivity index (χ2v) is 12.3. The number of fused-ring (bicyclic) bond motifs is 1. The molecule has 1 saturated carbocycles. The number of ether oxygens (including phenoxy) is 3. The molecule has 224 valence electrons. The smallest absolute Gasteiger partial charge is 0.165 e. The number of halogens is 1. The fourth-order valence-electron chi connectivity index (χ4n) is 6.70. The number of rotatable bonds is 12. The molecule has 0 spiro atoms. The Morgan fingerprint density at radius 2 is 1.64 bits per heavy atom. The summed E-state index contributed by atoms with van der Waals surface area (Å²) in [6, 6.07) is 18.5. The van der Waals surface area contributed by atoms with Crippen LogP contribution in [-0.4, -0.2) is 51.9 Å². The standard InChI is InChI=1S/C36H45FN2O3/c1-40-31-12-11-28-21-30(10-9-29(28)22-31)33-14-13-32(41-2)23-35(33)39(24-26-6-7-26)25-27-8-15-36(34(37)20-27)42-19-18-38-16-4-3-5-17-38/h8,11-15,20,22-23,26,30H,3-7,9-10,16-19,21,24-25H2,1-2H3. The van der Waals surface area contributed by atoms with Gasteiger partial charge < -0.3 is 19.1 Å². The third-order valence-electron chi connectivity index (χ3n) is 9.32. The first-order valence-corrected chi connectivity index (χ1v) is 15.8. The third kappa shape index (κ3) is 7.03. The van der Waals surface area contributed by atoms with Crippen LogP contribution in [0, 0.1) is 11.7 Å². The lowest BCUT2D eigenvalue weighted by Gasteiger charge is -2.33. The van der Waals surface area contributed by atoms with Crippen LogP contribution in [0.2, 0.25) is 0 Å². The molecule has 0 bridgehead atoms. The molecule has 42 heavy (non-hydrogen) atoms. The maximum Gasteiger partial charge on any atom is 0.165 e. The van der Waals surface area contributed by atoms with Gasteiger partial charge in [-0.05, 0) is 122 Å². The van der Waals surface area contributed by atoms with Crippen molar-refractivity contribution in [2.24, 2.45) is 5.92 Å². The summed E-state index contributed by atoms with van der Waals surface area (Å²) < 4.78 is 32.3. The van der Waals surface area contributed by atoms with Crippen LogP contribution in [0.1, 0.15) is 66.7 Å². The van der Waals surface area contributed by atoms with Gasteiger partial charge in [-0.15, -0.1) is 0 Å². The van der Waals surface area contributed by atoms with Crippen molar-refractivity contribution in [2.45, 2.75) is 63.8 Å². The highest BCUT2D eigenvalue weighted by atomic mass is 19.1. The van der Waals surface area contributed by atoms with Crippen LogP contribution in [0.4, 0.5) is 10.1 Å². The maximum atomic E-state index is 15.2. The quantitative estimate of drug-likeness (QED) is 0.226. The minimum absolute atomic E-state index is 0.275. The summed E-state index contributed by atoms with van der Waals surface area (Å²) in [4.78, 5) is 4.88. The molecule has 1 heterocycles. The van der Waals surface area contributed by atoms with Crippen LogP contribution in [0.3, 0.4) is 0 Å². The molecule has 1 atom stereocenters. The topological polar surface area (TPSA) is 34.2 Å². The van der Waals surface area contributed by atoms with Crippen LogP contribution in [0.25, 0.3) is 0 Å². The molecule has 3 aromatic rings. The van der Waals surface area contributed by atoms with Crippen molar-refractivity contribution < 1.29 is 18.6 Å². The molecule has 0 amide bonds. The number of anilines is 1. The fraction of sp³-hybridized carbons (Fsp3) is 0.500. The molecule has 5 nitrogen and oxygen atoms in total. The molecule has 0 N–H and O–H groups in total. The summed E-state index contributed by atoms with van der Waals surface area (Å²) in [5.74, 6) is 2.97. The molecular weight excluding hydrogens is 527 g/mol. The molecule has 2 fully saturated rings. The van der Waals surface area contributed by atoms with E-state index in [2.05, 4.69) is 46.2 Å². The molecule has 6 heteroatoms. The molecule has 1 unspecified atom stereocenters. The molecule has 3 aromatic carbocycles. The highest BCUT2D eigenvalue weighted by molar-refractivity contribution is 5.60. The highest BCUT2D eigenvalue weighted by Crippen LogP contribution is 2.42. The molecule has 0 radical (unpaired) electrons. The van der Waals surface area contributed by atoms with Gasteiger partial charge in [0.15, 0.2) is 11.6 Å². The van der Waals surface area contributed by atoms with Crippen LogP contribution < -0.4 is 19.1 Å². The summed E-state index contributed by atoms with van der Waals surface area (Å²) in [5, 5.41) is 0. The Kier molecular flexibility index (Phi) is 9.18. The number of piperidine rings is 1. The van der Waals surface area contributed by atoms with E-state index in [0.29, 0.717) is 30.7 Å². The molecule has 0 aromatic heterocycles. The largest absolute Gasteiger partial charge is 0.497 e. The summed E-state index contributed by atoms with van der Waals surface area (Å²) in [6.07, 6.45) is 9.46. The van der Waals surface area contributed by atoms with Gasteiger partial charge in [0.2, 0.25) is 0 Å². The van der Waals surface area contributed by atoms with Gasteiger partial charge in [-0.25, -0.2) is 4.39 Å². The molecule has 1 saturated heterocycles. The number of methoxy groups -OCH3 is 2. The van der Waals surface area contributed by atoms with Crippen molar-refractivity contribution in [2.75, 3.05) is 51.9 Å². The van der Waals surface area contributed by atoms with Crippen LogP contribution in [0.15, 0.2) is 54.6 Å². The van der Waals surface area contributed by atoms with E-state index in [1.54, 1.807) is 20.3 Å². The predicted octanol–water partition coefficient (Wildman–Crippen LogP) is 7.40. The number of aryl methyl sites for hydroxylation is 1. The van der Waals surface area contributed by atoms with Gasteiger partial charge in [-0.3, -0.25) is 4.90 Å².